The zero-order chi connectivity index (χ0) is 25.2. The number of carbonyl (C=O) groups excluding carboxylic acids is 1. The van der Waals surface area contributed by atoms with Crippen LogP contribution in [0.2, 0.25) is 0 Å². The normalized spacial score (nSPS) is 16.1. The predicted octanol–water partition coefficient (Wildman–Crippen LogP) is 3.82. The molecule has 0 atom stereocenters. The lowest BCUT2D eigenvalue weighted by Gasteiger charge is -2.35. The fourth-order valence-electron chi connectivity index (χ4n) is 3.95. The lowest BCUT2D eigenvalue weighted by molar-refractivity contribution is -0.154. The molecular weight excluding hydrogens is 442 g/mol. The first-order chi connectivity index (χ1) is 15.0. The van der Waals surface area contributed by atoms with Gasteiger partial charge in [0.05, 0.1) is 4.90 Å². The molecule has 33 heavy (non-hydrogen) atoms. The summed E-state index contributed by atoms with van der Waals surface area (Å²) in [4.78, 5) is 16.1. The minimum absolute atomic E-state index is 0.168. The van der Waals surface area contributed by atoms with Crippen LogP contribution in [0.3, 0.4) is 0 Å². The summed E-state index contributed by atoms with van der Waals surface area (Å²) >= 11 is 0. The molecular formula is C24H39N3O5S. The number of unbranched alkanes of at least 4 members (excludes halogenated alkanes) is 1. The molecule has 3 N–H and O–H groups in total. The van der Waals surface area contributed by atoms with Gasteiger partial charge in [-0.3, -0.25) is 9.79 Å². The van der Waals surface area contributed by atoms with Gasteiger partial charge in [-0.05, 0) is 103 Å². The number of sulfonamides is 1. The van der Waals surface area contributed by atoms with Crippen molar-refractivity contribution in [1.29, 1.82) is 0 Å². The van der Waals surface area contributed by atoms with Gasteiger partial charge < -0.3 is 15.2 Å². The van der Waals surface area contributed by atoms with Crippen LogP contribution >= 0.6 is 0 Å². The second kappa shape index (κ2) is 9.91. The van der Waals surface area contributed by atoms with Gasteiger partial charge in [0.25, 0.3) is 10.0 Å². The quantitative estimate of drug-likeness (QED) is 0.264. The third-order valence-electron chi connectivity index (χ3n) is 5.67. The summed E-state index contributed by atoms with van der Waals surface area (Å²) in [5.41, 5.74) is 8.16. The number of benzene rings is 1. The van der Waals surface area contributed by atoms with E-state index in [1.165, 1.54) is 0 Å². The van der Waals surface area contributed by atoms with E-state index < -0.39 is 15.6 Å². The van der Waals surface area contributed by atoms with Crippen molar-refractivity contribution in [2.24, 2.45) is 10.7 Å². The topological polar surface area (TPSA) is 120 Å². The molecule has 0 amide bonds. The largest absolute Gasteiger partial charge is 0.487 e. The minimum Gasteiger partial charge on any atom is -0.487 e. The average Bonchev–Trinajstić information content (AvgIpc) is 2.63. The highest BCUT2D eigenvalue weighted by Gasteiger charge is 2.33. The van der Waals surface area contributed by atoms with Crippen molar-refractivity contribution in [3.05, 3.63) is 22.3 Å². The predicted molar refractivity (Wildman–Crippen MR) is 130 cm³/mol. The SMILES string of the molecule is Cc1c(C)c(S(=O)(=O)NC(N)=NCCCCC(=O)OC(C)(C)C)c(C)c2c1OC(C)(C)CC2. The number of hydrogen-bond donors (Lipinski definition) is 2. The Kier molecular flexibility index (Phi) is 8.10. The summed E-state index contributed by atoms with van der Waals surface area (Å²) in [5.74, 6) is 0.354. The van der Waals surface area contributed by atoms with Crippen LogP contribution in [0.15, 0.2) is 9.89 Å². The average molecular weight is 482 g/mol. The van der Waals surface area contributed by atoms with E-state index in [0.29, 0.717) is 30.5 Å². The molecule has 186 valence electrons. The number of guanidine groups is 1. The molecule has 1 heterocycles. The second-order valence-electron chi connectivity index (χ2n) is 10.3. The molecule has 2 rings (SSSR count). The Morgan fingerprint density at radius 2 is 1.79 bits per heavy atom. The summed E-state index contributed by atoms with van der Waals surface area (Å²) in [5, 5.41) is 0. The zero-order valence-electron chi connectivity index (χ0n) is 21.2. The number of rotatable bonds is 7. The van der Waals surface area contributed by atoms with Gasteiger partial charge in [-0.15, -0.1) is 0 Å². The number of aliphatic imine (C=N–C) groups is 1. The zero-order valence-corrected chi connectivity index (χ0v) is 22.0. The van der Waals surface area contributed by atoms with Crippen LogP contribution in [0.4, 0.5) is 0 Å². The molecule has 0 unspecified atom stereocenters. The highest BCUT2D eigenvalue weighted by molar-refractivity contribution is 7.90. The van der Waals surface area contributed by atoms with Gasteiger partial charge in [0.2, 0.25) is 5.96 Å². The van der Waals surface area contributed by atoms with E-state index in [-0.39, 0.29) is 28.8 Å². The van der Waals surface area contributed by atoms with E-state index in [0.717, 1.165) is 29.7 Å². The molecule has 0 spiro atoms. The van der Waals surface area contributed by atoms with E-state index in [9.17, 15) is 13.2 Å². The number of nitrogens with one attached hydrogen (secondary N) is 1. The van der Waals surface area contributed by atoms with E-state index in [1.807, 2.05) is 48.5 Å². The van der Waals surface area contributed by atoms with Crippen molar-refractivity contribution in [3.63, 3.8) is 0 Å². The molecule has 9 heteroatoms. The van der Waals surface area contributed by atoms with Crippen LogP contribution in [0.5, 0.6) is 5.75 Å². The van der Waals surface area contributed by atoms with Gasteiger partial charge in [0.1, 0.15) is 17.0 Å². The molecule has 0 saturated carbocycles. The first kappa shape index (κ1) is 27.0. The van der Waals surface area contributed by atoms with Crippen LogP contribution in [0.1, 0.15) is 82.6 Å². The first-order valence-corrected chi connectivity index (χ1v) is 12.9. The highest BCUT2D eigenvalue weighted by Crippen LogP contribution is 2.42. The lowest BCUT2D eigenvalue weighted by Crippen LogP contribution is -2.38. The first-order valence-electron chi connectivity index (χ1n) is 11.4. The molecule has 1 aliphatic heterocycles. The third-order valence-corrected chi connectivity index (χ3v) is 7.29. The molecule has 0 saturated heterocycles. The van der Waals surface area contributed by atoms with Crippen molar-refractivity contribution in [2.75, 3.05) is 6.54 Å². The van der Waals surface area contributed by atoms with Crippen LogP contribution in [-0.2, 0) is 26.0 Å². The van der Waals surface area contributed by atoms with Gasteiger partial charge in [-0.2, -0.15) is 0 Å². The standard InChI is InChI=1S/C24H39N3O5S/c1-15-16(2)21(17(3)18-12-13-24(7,8)32-20(15)18)33(29,30)27-22(25)26-14-10-9-11-19(28)31-23(4,5)6/h9-14H2,1-8H3,(H3,25,26,27). The molecule has 0 aromatic heterocycles. The van der Waals surface area contributed by atoms with Gasteiger partial charge in [0, 0.05) is 13.0 Å². The van der Waals surface area contributed by atoms with Crippen LogP contribution in [-0.4, -0.2) is 38.1 Å². The number of nitrogens with zero attached hydrogens (tertiary/aromatic N) is 1. The molecule has 0 fully saturated rings. The molecule has 1 aromatic carbocycles. The van der Waals surface area contributed by atoms with E-state index in [2.05, 4.69) is 9.71 Å². The number of ether oxygens (including phenoxy) is 2. The number of hydrogen-bond acceptors (Lipinski definition) is 6. The number of fused-ring (bicyclic) bond motifs is 1. The summed E-state index contributed by atoms with van der Waals surface area (Å²) in [6.07, 6.45) is 3.01. The van der Waals surface area contributed by atoms with Crippen molar-refractivity contribution in [2.45, 2.75) is 104 Å². The van der Waals surface area contributed by atoms with E-state index >= 15 is 0 Å². The Bertz CT molecular complexity index is 1040. The fourth-order valence-corrected chi connectivity index (χ4v) is 5.47. The Morgan fingerprint density at radius 1 is 1.15 bits per heavy atom. The van der Waals surface area contributed by atoms with Crippen LogP contribution in [0, 0.1) is 20.8 Å². The van der Waals surface area contributed by atoms with Crippen LogP contribution in [0.25, 0.3) is 0 Å². The van der Waals surface area contributed by atoms with Crippen molar-refractivity contribution in [1.82, 2.24) is 4.72 Å². The summed E-state index contributed by atoms with van der Waals surface area (Å²) in [6.45, 7) is 15.3. The molecule has 1 aliphatic rings. The van der Waals surface area contributed by atoms with Gasteiger partial charge in [-0.1, -0.05) is 0 Å². The Morgan fingerprint density at radius 3 is 2.39 bits per heavy atom. The Hall–Kier alpha value is -2.29. The smallest absolute Gasteiger partial charge is 0.306 e. The monoisotopic (exact) mass is 481 g/mol. The van der Waals surface area contributed by atoms with Gasteiger partial charge >= 0.3 is 5.97 Å². The summed E-state index contributed by atoms with van der Waals surface area (Å²) in [6, 6.07) is 0. The van der Waals surface area contributed by atoms with Crippen molar-refractivity contribution >= 4 is 22.0 Å². The van der Waals surface area contributed by atoms with E-state index in [1.54, 1.807) is 6.92 Å². The molecule has 0 bridgehead atoms. The third kappa shape index (κ3) is 7.09. The second-order valence-corrected chi connectivity index (χ2v) is 11.9. The molecule has 0 aliphatic carbocycles. The van der Waals surface area contributed by atoms with Crippen molar-refractivity contribution < 1.29 is 22.7 Å². The maximum absolute atomic E-state index is 13.2. The maximum atomic E-state index is 13.2. The molecule has 1 aromatic rings. The summed E-state index contributed by atoms with van der Waals surface area (Å²) in [7, 11) is -3.92. The summed E-state index contributed by atoms with van der Waals surface area (Å²) < 4.78 is 40.2. The highest BCUT2D eigenvalue weighted by atomic mass is 32.2. The molecule has 8 nitrogen and oxygen atoms in total. The van der Waals surface area contributed by atoms with Gasteiger partial charge in [-0.25, -0.2) is 13.1 Å². The fraction of sp³-hybridized carbons (Fsp3) is 0.667. The maximum Gasteiger partial charge on any atom is 0.306 e. The minimum atomic E-state index is -3.92. The Balaban J connectivity index is 2.08. The van der Waals surface area contributed by atoms with Crippen LogP contribution < -0.4 is 15.2 Å². The Labute approximate surface area is 198 Å². The lowest BCUT2D eigenvalue weighted by atomic mass is 9.88. The van der Waals surface area contributed by atoms with Crippen molar-refractivity contribution in [3.8, 4) is 5.75 Å². The van der Waals surface area contributed by atoms with Gasteiger partial charge in [0.15, 0.2) is 0 Å². The molecule has 0 radical (unpaired) electrons. The number of esters is 1. The number of nitrogens with two attached hydrogens (primary N) is 1. The van der Waals surface area contributed by atoms with E-state index in [4.69, 9.17) is 15.2 Å². The number of carbonyl (C=O) groups is 1.